The van der Waals surface area contributed by atoms with Crippen molar-refractivity contribution in [2.75, 3.05) is 6.26 Å². The highest BCUT2D eigenvalue weighted by Crippen LogP contribution is 2.24. The van der Waals surface area contributed by atoms with Gasteiger partial charge in [0.25, 0.3) is 5.91 Å². The molecule has 2 heterocycles. The monoisotopic (exact) mass is 274 g/mol. The molecule has 0 radical (unpaired) electrons. The lowest BCUT2D eigenvalue weighted by Gasteiger charge is -2.04. The first-order chi connectivity index (χ1) is 8.81. The maximum atomic E-state index is 12.5. The number of benzene rings is 1. The molecule has 0 bridgehead atoms. The fourth-order valence-electron chi connectivity index (χ4n) is 1.85. The molecule has 0 aliphatic rings. The van der Waals surface area contributed by atoms with Crippen LogP contribution in [0.2, 0.25) is 0 Å². The Morgan fingerprint density at radius 1 is 1.33 bits per heavy atom. The van der Waals surface area contributed by atoms with E-state index < -0.39 is 0 Å². The summed E-state index contributed by atoms with van der Waals surface area (Å²) in [5, 5.41) is 4.50. The normalized spacial score (nSPS) is 10.9. The molecule has 0 saturated carbocycles. The number of carbonyl (C=O) groups excluding carboxylic acids is 1. The Morgan fingerprint density at radius 2 is 2.17 bits per heavy atom. The summed E-state index contributed by atoms with van der Waals surface area (Å²) in [5.74, 6) is -0.0192. The van der Waals surface area contributed by atoms with Gasteiger partial charge in [-0.2, -0.15) is 11.3 Å². The molecule has 3 aromatic rings. The van der Waals surface area contributed by atoms with Crippen LogP contribution in [0.1, 0.15) is 10.4 Å². The van der Waals surface area contributed by atoms with Crippen molar-refractivity contribution in [2.24, 2.45) is 0 Å². The van der Waals surface area contributed by atoms with Crippen molar-refractivity contribution in [2.45, 2.75) is 5.16 Å². The molecular formula is C13H10N2OS2. The lowest BCUT2D eigenvalue weighted by Crippen LogP contribution is -2.11. The number of fused-ring (bicyclic) bond motifs is 1. The van der Waals surface area contributed by atoms with Crippen molar-refractivity contribution in [3.05, 3.63) is 46.7 Å². The van der Waals surface area contributed by atoms with Crippen molar-refractivity contribution < 1.29 is 4.79 Å². The van der Waals surface area contributed by atoms with Crippen LogP contribution in [-0.2, 0) is 0 Å². The van der Waals surface area contributed by atoms with Gasteiger partial charge in [0.1, 0.15) is 0 Å². The average Bonchev–Trinajstić information content (AvgIpc) is 3.04. The van der Waals surface area contributed by atoms with E-state index in [0.717, 1.165) is 16.2 Å². The summed E-state index contributed by atoms with van der Waals surface area (Å²) >= 11 is 3.00. The first-order valence-electron chi connectivity index (χ1n) is 5.39. The second kappa shape index (κ2) is 4.59. The number of para-hydroxylation sites is 2. The van der Waals surface area contributed by atoms with Crippen LogP contribution in [0.25, 0.3) is 11.0 Å². The number of hydrogen-bond donors (Lipinski definition) is 0. The quantitative estimate of drug-likeness (QED) is 0.671. The van der Waals surface area contributed by atoms with Crippen molar-refractivity contribution >= 4 is 40.0 Å². The highest BCUT2D eigenvalue weighted by molar-refractivity contribution is 7.98. The van der Waals surface area contributed by atoms with Crippen LogP contribution in [0.5, 0.6) is 0 Å². The van der Waals surface area contributed by atoms with E-state index >= 15 is 0 Å². The Kier molecular flexibility index (Phi) is 2.93. The molecule has 0 aliphatic heterocycles. The third-order valence-corrected chi connectivity index (χ3v) is 4.01. The Morgan fingerprint density at radius 3 is 2.89 bits per heavy atom. The highest BCUT2D eigenvalue weighted by atomic mass is 32.2. The predicted molar refractivity (Wildman–Crippen MR) is 75.6 cm³/mol. The van der Waals surface area contributed by atoms with Crippen LogP contribution in [0.4, 0.5) is 0 Å². The zero-order valence-electron chi connectivity index (χ0n) is 9.66. The Hall–Kier alpha value is -1.59. The van der Waals surface area contributed by atoms with E-state index in [1.54, 1.807) is 4.57 Å². The van der Waals surface area contributed by atoms with Crippen LogP contribution in [0, 0.1) is 0 Å². The van der Waals surface area contributed by atoms with Crippen LogP contribution in [0.3, 0.4) is 0 Å². The zero-order chi connectivity index (χ0) is 12.5. The molecule has 0 N–H and O–H groups in total. The van der Waals surface area contributed by atoms with E-state index in [9.17, 15) is 4.79 Å². The minimum Gasteiger partial charge on any atom is -0.268 e. The number of thioether (sulfide) groups is 1. The van der Waals surface area contributed by atoms with Crippen molar-refractivity contribution in [1.82, 2.24) is 9.55 Å². The molecule has 3 rings (SSSR count). The predicted octanol–water partition coefficient (Wildman–Crippen LogP) is 3.51. The lowest BCUT2D eigenvalue weighted by atomic mass is 10.3. The molecule has 5 heteroatoms. The van der Waals surface area contributed by atoms with E-state index in [1.807, 2.05) is 47.3 Å². The number of carbonyl (C=O) groups is 1. The number of imidazole rings is 1. The summed E-state index contributed by atoms with van der Waals surface area (Å²) in [6, 6.07) is 9.54. The maximum Gasteiger partial charge on any atom is 0.265 e. The Labute approximate surface area is 112 Å². The minimum atomic E-state index is -0.0192. The van der Waals surface area contributed by atoms with Gasteiger partial charge >= 0.3 is 0 Å². The topological polar surface area (TPSA) is 34.9 Å². The Bertz CT molecular complexity index is 701. The van der Waals surface area contributed by atoms with Crippen molar-refractivity contribution in [1.29, 1.82) is 0 Å². The van der Waals surface area contributed by atoms with Gasteiger partial charge in [0.15, 0.2) is 5.16 Å². The van der Waals surface area contributed by atoms with Gasteiger partial charge < -0.3 is 0 Å². The first kappa shape index (κ1) is 11.5. The molecule has 0 saturated heterocycles. The molecule has 0 aliphatic carbocycles. The smallest absolute Gasteiger partial charge is 0.265 e. The van der Waals surface area contributed by atoms with Gasteiger partial charge in [-0.1, -0.05) is 23.9 Å². The largest absolute Gasteiger partial charge is 0.268 e. The van der Waals surface area contributed by atoms with E-state index in [4.69, 9.17) is 0 Å². The number of nitrogens with zero attached hydrogens (tertiary/aromatic N) is 2. The molecule has 2 aromatic heterocycles. The Balaban J connectivity index is 2.24. The molecule has 3 nitrogen and oxygen atoms in total. The van der Waals surface area contributed by atoms with E-state index in [0.29, 0.717) is 5.56 Å². The van der Waals surface area contributed by atoms with Gasteiger partial charge in [0.2, 0.25) is 0 Å². The molecule has 0 amide bonds. The summed E-state index contributed by atoms with van der Waals surface area (Å²) in [4.78, 5) is 16.9. The van der Waals surface area contributed by atoms with E-state index in [1.165, 1.54) is 23.1 Å². The van der Waals surface area contributed by atoms with Gasteiger partial charge in [-0.05, 0) is 29.8 Å². The minimum absolute atomic E-state index is 0.0192. The second-order valence-electron chi connectivity index (χ2n) is 3.74. The summed E-state index contributed by atoms with van der Waals surface area (Å²) in [5.41, 5.74) is 2.42. The number of rotatable bonds is 2. The molecule has 1 aromatic carbocycles. The molecule has 90 valence electrons. The van der Waals surface area contributed by atoms with E-state index in [-0.39, 0.29) is 5.91 Å². The number of hydrogen-bond acceptors (Lipinski definition) is 4. The highest BCUT2D eigenvalue weighted by Gasteiger charge is 2.17. The SMILES string of the molecule is CSc1nc2ccccc2n1C(=O)c1ccsc1. The molecule has 0 atom stereocenters. The van der Waals surface area contributed by atoms with Crippen LogP contribution < -0.4 is 0 Å². The summed E-state index contributed by atoms with van der Waals surface area (Å²) < 4.78 is 1.68. The molecule has 18 heavy (non-hydrogen) atoms. The summed E-state index contributed by atoms with van der Waals surface area (Å²) in [6.45, 7) is 0. The molecule has 0 unspecified atom stereocenters. The van der Waals surface area contributed by atoms with E-state index in [2.05, 4.69) is 4.98 Å². The summed E-state index contributed by atoms with van der Waals surface area (Å²) in [6.07, 6.45) is 1.93. The lowest BCUT2D eigenvalue weighted by molar-refractivity contribution is 0.0955. The first-order valence-corrected chi connectivity index (χ1v) is 7.56. The average molecular weight is 274 g/mol. The third kappa shape index (κ3) is 1.76. The van der Waals surface area contributed by atoms with Crippen LogP contribution >= 0.6 is 23.1 Å². The number of aromatic nitrogens is 2. The van der Waals surface area contributed by atoms with Gasteiger partial charge in [0.05, 0.1) is 16.6 Å². The van der Waals surface area contributed by atoms with Crippen LogP contribution in [-0.4, -0.2) is 21.7 Å². The van der Waals surface area contributed by atoms with Crippen molar-refractivity contribution in [3.63, 3.8) is 0 Å². The zero-order valence-corrected chi connectivity index (χ0v) is 11.3. The third-order valence-electron chi connectivity index (χ3n) is 2.68. The molecular weight excluding hydrogens is 264 g/mol. The van der Waals surface area contributed by atoms with Crippen molar-refractivity contribution in [3.8, 4) is 0 Å². The van der Waals surface area contributed by atoms with Gasteiger partial charge in [-0.3, -0.25) is 9.36 Å². The van der Waals surface area contributed by atoms with Gasteiger partial charge in [0, 0.05) is 5.38 Å². The van der Waals surface area contributed by atoms with Gasteiger partial charge in [-0.15, -0.1) is 0 Å². The van der Waals surface area contributed by atoms with Gasteiger partial charge in [-0.25, -0.2) is 4.98 Å². The maximum absolute atomic E-state index is 12.5. The number of thiophene rings is 1. The molecule has 0 spiro atoms. The summed E-state index contributed by atoms with van der Waals surface area (Å²) in [7, 11) is 0. The fraction of sp³-hybridized carbons (Fsp3) is 0.0769. The fourth-order valence-corrected chi connectivity index (χ4v) is 3.04. The standard InChI is InChI=1S/C13H10N2OS2/c1-17-13-14-10-4-2-3-5-11(10)15(13)12(16)9-6-7-18-8-9/h2-8H,1H3. The second-order valence-corrected chi connectivity index (χ2v) is 5.29. The van der Waals surface area contributed by atoms with Crippen LogP contribution in [0.15, 0.2) is 46.2 Å². The molecule has 0 fully saturated rings.